The van der Waals surface area contributed by atoms with Gasteiger partial charge in [-0.1, -0.05) is 24.3 Å². The fourth-order valence-corrected chi connectivity index (χ4v) is 1.67. The Labute approximate surface area is 101 Å². The highest BCUT2D eigenvalue weighted by atomic mass is 16.3. The first kappa shape index (κ1) is 11.3. The largest absolute Gasteiger partial charge is 0.508 e. The Morgan fingerprint density at radius 1 is 0.941 bits per heavy atom. The smallest absolute Gasteiger partial charge is 0.115 e. The van der Waals surface area contributed by atoms with Gasteiger partial charge in [-0.2, -0.15) is 0 Å². The van der Waals surface area contributed by atoms with Crippen LogP contribution in [0.2, 0.25) is 0 Å². The van der Waals surface area contributed by atoms with Crippen molar-refractivity contribution < 1.29 is 5.11 Å². The Balaban J connectivity index is 2.04. The molecule has 17 heavy (non-hydrogen) atoms. The van der Waals surface area contributed by atoms with E-state index in [0.717, 1.165) is 23.5 Å². The van der Waals surface area contributed by atoms with Crippen LogP contribution in [0.4, 0.5) is 11.4 Å². The molecule has 0 bridgehead atoms. The fraction of sp³-hybridized carbons (Fsp3) is 0.143. The third kappa shape index (κ3) is 2.91. The molecule has 3 heteroatoms. The highest BCUT2D eigenvalue weighted by Crippen LogP contribution is 2.21. The molecule has 2 aromatic rings. The van der Waals surface area contributed by atoms with Gasteiger partial charge in [0.25, 0.3) is 0 Å². The molecular formula is C14H16N2O. The van der Waals surface area contributed by atoms with Crippen molar-refractivity contribution in [1.82, 2.24) is 0 Å². The van der Waals surface area contributed by atoms with Gasteiger partial charge in [-0.25, -0.2) is 0 Å². The lowest BCUT2D eigenvalue weighted by atomic mass is 10.2. The second-order valence-corrected chi connectivity index (χ2v) is 3.82. The molecule has 0 aliphatic rings. The molecule has 0 spiro atoms. The van der Waals surface area contributed by atoms with Gasteiger partial charge in [-0.3, -0.25) is 0 Å². The van der Waals surface area contributed by atoms with Gasteiger partial charge >= 0.3 is 0 Å². The summed E-state index contributed by atoms with van der Waals surface area (Å²) in [4.78, 5) is 0. The number of hydrogen-bond acceptors (Lipinski definition) is 3. The van der Waals surface area contributed by atoms with E-state index in [-0.39, 0.29) is 0 Å². The summed E-state index contributed by atoms with van der Waals surface area (Å²) in [6, 6.07) is 15.3. The van der Waals surface area contributed by atoms with E-state index in [9.17, 15) is 5.11 Å². The molecule has 0 aliphatic carbocycles. The van der Waals surface area contributed by atoms with Gasteiger partial charge in [-0.05, 0) is 29.8 Å². The van der Waals surface area contributed by atoms with Crippen molar-refractivity contribution in [3.05, 3.63) is 54.1 Å². The van der Waals surface area contributed by atoms with Crippen molar-refractivity contribution in [3.63, 3.8) is 0 Å². The standard InChI is InChI=1S/C14H16N2O/c1-15-13-4-2-3-5-14(13)16-10-11-6-8-12(17)9-7-11/h2-9,15-17H,10H2,1H3. The van der Waals surface area contributed by atoms with Crippen LogP contribution in [0.25, 0.3) is 0 Å². The molecule has 88 valence electrons. The predicted molar refractivity (Wildman–Crippen MR) is 71.4 cm³/mol. The topological polar surface area (TPSA) is 44.3 Å². The van der Waals surface area contributed by atoms with Crippen molar-refractivity contribution in [1.29, 1.82) is 0 Å². The van der Waals surface area contributed by atoms with Crippen molar-refractivity contribution >= 4 is 11.4 Å². The van der Waals surface area contributed by atoms with Crippen LogP contribution in [0.1, 0.15) is 5.56 Å². The normalized spacial score (nSPS) is 9.94. The summed E-state index contributed by atoms with van der Waals surface area (Å²) in [5.74, 6) is 0.296. The van der Waals surface area contributed by atoms with Crippen LogP contribution in [0.5, 0.6) is 5.75 Å². The first-order valence-corrected chi connectivity index (χ1v) is 5.58. The second-order valence-electron chi connectivity index (χ2n) is 3.82. The average molecular weight is 228 g/mol. The van der Waals surface area contributed by atoms with E-state index in [1.165, 1.54) is 0 Å². The molecule has 0 aromatic heterocycles. The summed E-state index contributed by atoms with van der Waals surface area (Å²) in [7, 11) is 1.90. The lowest BCUT2D eigenvalue weighted by Gasteiger charge is -2.11. The molecule has 0 fully saturated rings. The van der Waals surface area contributed by atoms with Crippen LogP contribution in [0.15, 0.2) is 48.5 Å². The van der Waals surface area contributed by atoms with Gasteiger partial charge in [0.15, 0.2) is 0 Å². The molecule has 2 aromatic carbocycles. The fourth-order valence-electron chi connectivity index (χ4n) is 1.67. The van der Waals surface area contributed by atoms with E-state index in [0.29, 0.717) is 5.75 Å². The molecule has 0 amide bonds. The van der Waals surface area contributed by atoms with Crippen LogP contribution < -0.4 is 10.6 Å². The maximum atomic E-state index is 9.19. The molecule has 3 N–H and O–H groups in total. The number of nitrogens with one attached hydrogen (secondary N) is 2. The minimum absolute atomic E-state index is 0.296. The zero-order valence-corrected chi connectivity index (χ0v) is 9.77. The Bertz CT molecular complexity index is 480. The zero-order valence-electron chi connectivity index (χ0n) is 9.77. The third-order valence-corrected chi connectivity index (χ3v) is 2.62. The van der Waals surface area contributed by atoms with E-state index in [1.807, 2.05) is 43.4 Å². The van der Waals surface area contributed by atoms with E-state index in [4.69, 9.17) is 0 Å². The van der Waals surface area contributed by atoms with Crippen molar-refractivity contribution in [2.75, 3.05) is 17.7 Å². The van der Waals surface area contributed by atoms with Gasteiger partial charge < -0.3 is 15.7 Å². The molecule has 3 nitrogen and oxygen atoms in total. The molecule has 0 heterocycles. The Morgan fingerprint density at radius 2 is 1.59 bits per heavy atom. The number of phenols is 1. The quantitative estimate of drug-likeness (QED) is 0.753. The van der Waals surface area contributed by atoms with E-state index in [1.54, 1.807) is 12.1 Å². The zero-order chi connectivity index (χ0) is 12.1. The summed E-state index contributed by atoms with van der Waals surface area (Å²) in [6.45, 7) is 0.735. The van der Waals surface area contributed by atoms with Gasteiger partial charge in [0.1, 0.15) is 5.75 Å². The number of anilines is 2. The lowest BCUT2D eigenvalue weighted by Crippen LogP contribution is -2.02. The minimum Gasteiger partial charge on any atom is -0.508 e. The first-order chi connectivity index (χ1) is 8.29. The van der Waals surface area contributed by atoms with Crippen molar-refractivity contribution in [2.45, 2.75) is 6.54 Å². The Hall–Kier alpha value is -2.16. The Kier molecular flexibility index (Phi) is 3.50. The van der Waals surface area contributed by atoms with Crippen LogP contribution >= 0.6 is 0 Å². The number of rotatable bonds is 4. The number of para-hydroxylation sites is 2. The van der Waals surface area contributed by atoms with Crippen molar-refractivity contribution in [3.8, 4) is 5.75 Å². The van der Waals surface area contributed by atoms with E-state index >= 15 is 0 Å². The lowest BCUT2D eigenvalue weighted by molar-refractivity contribution is 0.475. The summed E-state index contributed by atoms with van der Waals surface area (Å²) < 4.78 is 0. The highest BCUT2D eigenvalue weighted by Gasteiger charge is 1.99. The molecule has 0 aliphatic heterocycles. The molecule has 0 saturated carbocycles. The van der Waals surface area contributed by atoms with E-state index in [2.05, 4.69) is 10.6 Å². The van der Waals surface area contributed by atoms with Gasteiger partial charge in [0, 0.05) is 13.6 Å². The number of aromatic hydroxyl groups is 1. The van der Waals surface area contributed by atoms with Gasteiger partial charge in [-0.15, -0.1) is 0 Å². The summed E-state index contributed by atoms with van der Waals surface area (Å²) >= 11 is 0. The summed E-state index contributed by atoms with van der Waals surface area (Å²) in [5, 5.41) is 15.7. The monoisotopic (exact) mass is 228 g/mol. The molecule has 0 radical (unpaired) electrons. The SMILES string of the molecule is CNc1ccccc1NCc1ccc(O)cc1. The molecular weight excluding hydrogens is 212 g/mol. The highest BCUT2D eigenvalue weighted by molar-refractivity contribution is 5.68. The average Bonchev–Trinajstić information content (AvgIpc) is 2.38. The summed E-state index contributed by atoms with van der Waals surface area (Å²) in [5.41, 5.74) is 3.28. The maximum Gasteiger partial charge on any atom is 0.115 e. The van der Waals surface area contributed by atoms with Gasteiger partial charge in [0.05, 0.1) is 11.4 Å². The Morgan fingerprint density at radius 3 is 2.24 bits per heavy atom. The number of phenolic OH excluding ortho intramolecular Hbond substituents is 1. The van der Waals surface area contributed by atoms with Crippen molar-refractivity contribution in [2.24, 2.45) is 0 Å². The predicted octanol–water partition coefficient (Wildman–Crippen LogP) is 3.05. The number of benzene rings is 2. The second kappa shape index (κ2) is 5.25. The first-order valence-electron chi connectivity index (χ1n) is 5.58. The molecule has 0 saturated heterocycles. The van der Waals surface area contributed by atoms with Crippen LogP contribution in [0, 0.1) is 0 Å². The summed E-state index contributed by atoms with van der Waals surface area (Å²) in [6.07, 6.45) is 0. The molecule has 0 unspecified atom stereocenters. The molecule has 0 atom stereocenters. The van der Waals surface area contributed by atoms with Gasteiger partial charge in [0.2, 0.25) is 0 Å². The van der Waals surface area contributed by atoms with Crippen LogP contribution in [-0.2, 0) is 6.54 Å². The molecule has 2 rings (SSSR count). The minimum atomic E-state index is 0.296. The van der Waals surface area contributed by atoms with Crippen LogP contribution in [-0.4, -0.2) is 12.2 Å². The maximum absolute atomic E-state index is 9.19. The van der Waals surface area contributed by atoms with Crippen LogP contribution in [0.3, 0.4) is 0 Å². The van der Waals surface area contributed by atoms with E-state index < -0.39 is 0 Å². The third-order valence-electron chi connectivity index (χ3n) is 2.62. The number of hydrogen-bond donors (Lipinski definition) is 3.